The molecule has 0 amide bonds. The number of anilines is 1. The summed E-state index contributed by atoms with van der Waals surface area (Å²) in [4.78, 5) is 14.4. The van der Waals surface area contributed by atoms with Gasteiger partial charge in [0.05, 0.1) is 18.9 Å². The molecule has 0 N–H and O–H groups in total. The molecule has 26 heavy (non-hydrogen) atoms. The Morgan fingerprint density at radius 1 is 1.27 bits per heavy atom. The molecular weight excluding hydrogens is 326 g/mol. The summed E-state index contributed by atoms with van der Waals surface area (Å²) in [5.41, 5.74) is 4.08. The number of likely N-dealkylation sites (N-methyl/N-ethyl adjacent to an activating group) is 1. The Labute approximate surface area is 155 Å². The van der Waals surface area contributed by atoms with Gasteiger partial charge >= 0.3 is 5.97 Å². The van der Waals surface area contributed by atoms with Crippen molar-refractivity contribution >= 4 is 23.9 Å². The van der Waals surface area contributed by atoms with Crippen molar-refractivity contribution in [2.45, 2.75) is 45.2 Å². The second kappa shape index (κ2) is 7.14. The van der Waals surface area contributed by atoms with Gasteiger partial charge in [0.2, 0.25) is 0 Å². The Morgan fingerprint density at radius 3 is 2.81 bits per heavy atom. The van der Waals surface area contributed by atoms with Crippen molar-refractivity contribution in [1.82, 2.24) is 5.01 Å². The first-order chi connectivity index (χ1) is 12.7. The molecule has 2 heterocycles. The predicted octanol–water partition coefficient (Wildman–Crippen LogP) is 3.90. The van der Waals surface area contributed by atoms with Gasteiger partial charge in [-0.3, -0.25) is 5.01 Å². The normalized spacial score (nSPS) is 22.1. The first-order valence-corrected chi connectivity index (χ1v) is 9.72. The van der Waals surface area contributed by atoms with Gasteiger partial charge in [-0.05, 0) is 55.5 Å². The van der Waals surface area contributed by atoms with Crippen molar-refractivity contribution in [2.75, 3.05) is 25.1 Å². The van der Waals surface area contributed by atoms with Crippen molar-refractivity contribution < 1.29 is 9.53 Å². The second-order valence-corrected chi connectivity index (χ2v) is 7.44. The number of hydrazone groups is 1. The number of fused-ring (bicyclic) bond motifs is 2. The number of carbonyl (C=O) groups is 1. The lowest BCUT2D eigenvalue weighted by Gasteiger charge is -2.42. The molecule has 1 saturated carbocycles. The molecule has 0 saturated heterocycles. The fraction of sp³-hybridized carbons (Fsp3) is 0.524. The number of esters is 1. The summed E-state index contributed by atoms with van der Waals surface area (Å²) in [6, 6.07) is 5.90. The third-order valence-corrected chi connectivity index (χ3v) is 5.81. The van der Waals surface area contributed by atoms with Gasteiger partial charge in [-0.25, -0.2) is 4.79 Å². The molecule has 138 valence electrons. The Bertz CT molecular complexity index is 750. The summed E-state index contributed by atoms with van der Waals surface area (Å²) >= 11 is 0. The molecule has 0 radical (unpaired) electrons. The average molecular weight is 353 g/mol. The standard InChI is InChI=1S/C21H27N3O2/c1-3-24-20-18(13-22-24)12-17-11-16(21(25)26-2)9-10-19(17)23(20)14-15-7-5-4-6-8-15/h9-13,15,20H,3-8,14H2,1-2H3. The fourth-order valence-electron chi connectivity index (χ4n) is 4.48. The minimum Gasteiger partial charge on any atom is -0.465 e. The van der Waals surface area contributed by atoms with E-state index < -0.39 is 0 Å². The van der Waals surface area contributed by atoms with Crippen molar-refractivity contribution in [1.29, 1.82) is 0 Å². The third-order valence-electron chi connectivity index (χ3n) is 5.81. The van der Waals surface area contributed by atoms with Crippen LogP contribution in [0.3, 0.4) is 0 Å². The highest BCUT2D eigenvalue weighted by molar-refractivity contribution is 5.96. The maximum atomic E-state index is 11.9. The summed E-state index contributed by atoms with van der Waals surface area (Å²) < 4.78 is 4.89. The van der Waals surface area contributed by atoms with E-state index in [2.05, 4.69) is 34.1 Å². The Balaban J connectivity index is 1.70. The number of methoxy groups -OCH3 is 1. The van der Waals surface area contributed by atoms with Crippen LogP contribution in [0.5, 0.6) is 0 Å². The van der Waals surface area contributed by atoms with Gasteiger partial charge in [-0.1, -0.05) is 19.3 Å². The van der Waals surface area contributed by atoms with Gasteiger partial charge in [0, 0.05) is 24.4 Å². The molecule has 1 aliphatic carbocycles. The van der Waals surface area contributed by atoms with E-state index in [-0.39, 0.29) is 12.1 Å². The highest BCUT2D eigenvalue weighted by Crippen LogP contribution is 2.38. The van der Waals surface area contributed by atoms with E-state index in [4.69, 9.17) is 4.74 Å². The number of carbonyl (C=O) groups excluding carboxylic acids is 1. The molecule has 1 aromatic rings. The lowest BCUT2D eigenvalue weighted by molar-refractivity contribution is 0.0600. The van der Waals surface area contributed by atoms with Gasteiger partial charge in [0.15, 0.2) is 0 Å². The first kappa shape index (κ1) is 17.1. The molecule has 5 heteroatoms. The highest BCUT2D eigenvalue weighted by Gasteiger charge is 2.36. The minimum atomic E-state index is -0.289. The zero-order valence-corrected chi connectivity index (χ0v) is 15.6. The predicted molar refractivity (Wildman–Crippen MR) is 104 cm³/mol. The number of hydrogen-bond donors (Lipinski definition) is 0. The smallest absolute Gasteiger partial charge is 0.337 e. The molecule has 4 rings (SSSR count). The maximum absolute atomic E-state index is 11.9. The van der Waals surface area contributed by atoms with Crippen LogP contribution in [-0.2, 0) is 4.74 Å². The number of hydrogen-bond acceptors (Lipinski definition) is 5. The van der Waals surface area contributed by atoms with E-state index in [1.54, 1.807) is 0 Å². The molecule has 1 fully saturated rings. The Kier molecular flexibility index (Phi) is 4.70. The van der Waals surface area contributed by atoms with E-state index in [0.717, 1.165) is 24.6 Å². The van der Waals surface area contributed by atoms with Crippen LogP contribution in [0.4, 0.5) is 5.69 Å². The van der Waals surface area contributed by atoms with Crippen molar-refractivity contribution in [3.63, 3.8) is 0 Å². The maximum Gasteiger partial charge on any atom is 0.337 e. The number of benzene rings is 1. The van der Waals surface area contributed by atoms with Crippen LogP contribution in [0, 0.1) is 5.92 Å². The van der Waals surface area contributed by atoms with Crippen molar-refractivity contribution in [3.8, 4) is 0 Å². The Morgan fingerprint density at radius 2 is 2.08 bits per heavy atom. The van der Waals surface area contributed by atoms with Crippen LogP contribution in [-0.4, -0.2) is 43.6 Å². The van der Waals surface area contributed by atoms with Gasteiger partial charge in [-0.2, -0.15) is 5.10 Å². The minimum absolute atomic E-state index is 0.179. The van der Waals surface area contributed by atoms with E-state index >= 15 is 0 Å². The monoisotopic (exact) mass is 353 g/mol. The van der Waals surface area contributed by atoms with Crippen LogP contribution in [0.1, 0.15) is 54.9 Å². The van der Waals surface area contributed by atoms with Gasteiger partial charge in [0.25, 0.3) is 0 Å². The largest absolute Gasteiger partial charge is 0.465 e. The zero-order chi connectivity index (χ0) is 18.1. The van der Waals surface area contributed by atoms with E-state index in [1.165, 1.54) is 50.5 Å². The summed E-state index contributed by atoms with van der Waals surface area (Å²) in [5.74, 6) is 0.443. The quantitative estimate of drug-likeness (QED) is 0.770. The molecule has 1 unspecified atom stereocenters. The van der Waals surface area contributed by atoms with Gasteiger partial charge in [0.1, 0.15) is 6.17 Å². The first-order valence-electron chi connectivity index (χ1n) is 9.72. The second-order valence-electron chi connectivity index (χ2n) is 7.44. The van der Waals surface area contributed by atoms with Gasteiger partial charge < -0.3 is 9.64 Å². The van der Waals surface area contributed by atoms with Crippen molar-refractivity contribution in [2.24, 2.45) is 11.0 Å². The van der Waals surface area contributed by atoms with E-state index in [0.29, 0.717) is 5.56 Å². The summed E-state index contributed by atoms with van der Waals surface area (Å²) in [6.45, 7) is 4.08. The van der Waals surface area contributed by atoms with Crippen LogP contribution in [0.25, 0.3) is 6.08 Å². The lowest BCUT2D eigenvalue weighted by atomic mass is 9.87. The van der Waals surface area contributed by atoms with Crippen LogP contribution < -0.4 is 4.90 Å². The van der Waals surface area contributed by atoms with Crippen LogP contribution >= 0.6 is 0 Å². The van der Waals surface area contributed by atoms with Crippen molar-refractivity contribution in [3.05, 3.63) is 34.9 Å². The van der Waals surface area contributed by atoms with Crippen LogP contribution in [0.2, 0.25) is 0 Å². The molecule has 0 aromatic heterocycles. The van der Waals surface area contributed by atoms with E-state index in [9.17, 15) is 4.79 Å². The molecule has 5 nitrogen and oxygen atoms in total. The SMILES string of the molecule is CCN1N=CC2=Cc3cc(C(=O)OC)ccc3N(CC3CCCCC3)C21. The molecular formula is C21H27N3O2. The summed E-state index contributed by atoms with van der Waals surface area (Å²) in [7, 11) is 1.43. The molecule has 0 spiro atoms. The highest BCUT2D eigenvalue weighted by atomic mass is 16.5. The van der Waals surface area contributed by atoms with Gasteiger partial charge in [-0.15, -0.1) is 0 Å². The molecule has 1 atom stereocenters. The molecule has 3 aliphatic rings. The molecule has 0 bridgehead atoms. The van der Waals surface area contributed by atoms with E-state index in [1.807, 2.05) is 18.3 Å². The zero-order valence-electron chi connectivity index (χ0n) is 15.6. The fourth-order valence-corrected chi connectivity index (χ4v) is 4.48. The molecule has 1 aromatic carbocycles. The summed E-state index contributed by atoms with van der Waals surface area (Å²) in [5, 5.41) is 6.76. The topological polar surface area (TPSA) is 45.1 Å². The lowest BCUT2D eigenvalue weighted by Crippen LogP contribution is -2.48. The average Bonchev–Trinajstić information content (AvgIpc) is 3.10. The third kappa shape index (κ3) is 3.00. The van der Waals surface area contributed by atoms with Crippen LogP contribution in [0.15, 0.2) is 28.9 Å². The number of nitrogens with zero attached hydrogens (tertiary/aromatic N) is 3. The summed E-state index contributed by atoms with van der Waals surface area (Å²) in [6.07, 6.45) is 11.0. The number of rotatable bonds is 4. The molecule has 2 aliphatic heterocycles. The number of ether oxygens (including phenoxy) is 1. The Hall–Kier alpha value is -2.30.